The predicted molar refractivity (Wildman–Crippen MR) is 72.4 cm³/mol. The summed E-state index contributed by atoms with van der Waals surface area (Å²) in [5, 5.41) is 17.1. The first-order chi connectivity index (χ1) is 8.54. The van der Waals surface area contributed by atoms with Gasteiger partial charge in [-0.1, -0.05) is 13.8 Å². The first-order valence-electron chi connectivity index (χ1n) is 6.16. The molecule has 0 saturated heterocycles. The van der Waals surface area contributed by atoms with Crippen LogP contribution in [0, 0.1) is 17.2 Å². The highest BCUT2D eigenvalue weighted by Crippen LogP contribution is 2.16. The van der Waals surface area contributed by atoms with Gasteiger partial charge < -0.3 is 9.80 Å². The zero-order valence-corrected chi connectivity index (χ0v) is 11.6. The third kappa shape index (κ3) is 4.30. The van der Waals surface area contributed by atoms with E-state index in [4.69, 9.17) is 5.26 Å². The van der Waals surface area contributed by atoms with Crippen LogP contribution in [0.4, 0.5) is 5.82 Å². The monoisotopic (exact) mass is 247 g/mol. The van der Waals surface area contributed by atoms with Gasteiger partial charge in [0.2, 0.25) is 0 Å². The van der Waals surface area contributed by atoms with Crippen molar-refractivity contribution in [2.45, 2.75) is 13.8 Å². The van der Waals surface area contributed by atoms with Crippen LogP contribution in [0.1, 0.15) is 19.4 Å². The first-order valence-corrected chi connectivity index (χ1v) is 6.16. The molecule has 5 nitrogen and oxygen atoms in total. The summed E-state index contributed by atoms with van der Waals surface area (Å²) in [6.07, 6.45) is 1.56. The molecule has 1 aromatic rings. The SMILES string of the molecule is CC(C)CN(CCN(C)C)c1nnccc1C#N. The van der Waals surface area contributed by atoms with E-state index in [9.17, 15) is 0 Å². The van der Waals surface area contributed by atoms with Crippen LogP contribution in [0.5, 0.6) is 0 Å². The molecule has 0 aliphatic carbocycles. The van der Waals surface area contributed by atoms with Crippen LogP contribution in [-0.4, -0.2) is 48.8 Å². The molecule has 0 saturated carbocycles. The van der Waals surface area contributed by atoms with Crippen LogP contribution >= 0.6 is 0 Å². The van der Waals surface area contributed by atoms with Crippen LogP contribution in [0.2, 0.25) is 0 Å². The largest absolute Gasteiger partial charge is 0.352 e. The van der Waals surface area contributed by atoms with Crippen molar-refractivity contribution in [1.82, 2.24) is 15.1 Å². The van der Waals surface area contributed by atoms with E-state index < -0.39 is 0 Å². The van der Waals surface area contributed by atoms with Gasteiger partial charge in [0.15, 0.2) is 5.82 Å². The molecular weight excluding hydrogens is 226 g/mol. The van der Waals surface area contributed by atoms with E-state index >= 15 is 0 Å². The van der Waals surface area contributed by atoms with Crippen molar-refractivity contribution in [3.05, 3.63) is 17.8 Å². The summed E-state index contributed by atoms with van der Waals surface area (Å²) in [5.74, 6) is 1.20. The lowest BCUT2D eigenvalue weighted by Crippen LogP contribution is -2.35. The van der Waals surface area contributed by atoms with E-state index in [1.807, 2.05) is 14.1 Å². The fraction of sp³-hybridized carbons (Fsp3) is 0.615. The van der Waals surface area contributed by atoms with Gasteiger partial charge in [0.25, 0.3) is 0 Å². The smallest absolute Gasteiger partial charge is 0.169 e. The Kier molecular flexibility index (Phi) is 5.53. The maximum atomic E-state index is 9.12. The first kappa shape index (κ1) is 14.4. The van der Waals surface area contributed by atoms with Gasteiger partial charge in [-0.3, -0.25) is 0 Å². The quantitative estimate of drug-likeness (QED) is 0.760. The molecule has 0 fully saturated rings. The number of nitriles is 1. The lowest BCUT2D eigenvalue weighted by atomic mass is 10.2. The van der Waals surface area contributed by atoms with E-state index in [-0.39, 0.29) is 0 Å². The minimum Gasteiger partial charge on any atom is -0.352 e. The van der Waals surface area contributed by atoms with Crippen molar-refractivity contribution in [2.75, 3.05) is 38.6 Å². The number of likely N-dealkylation sites (N-methyl/N-ethyl adjacent to an activating group) is 1. The molecule has 1 rings (SSSR count). The lowest BCUT2D eigenvalue weighted by Gasteiger charge is -2.27. The van der Waals surface area contributed by atoms with Gasteiger partial charge in [-0.05, 0) is 26.1 Å². The second-order valence-corrected chi connectivity index (χ2v) is 5.02. The molecule has 1 heterocycles. The molecule has 0 aromatic carbocycles. The van der Waals surface area contributed by atoms with Crippen LogP contribution in [-0.2, 0) is 0 Å². The predicted octanol–water partition coefficient (Wildman–Crippen LogP) is 1.37. The van der Waals surface area contributed by atoms with Crippen LogP contribution in [0.25, 0.3) is 0 Å². The number of hydrogen-bond donors (Lipinski definition) is 0. The zero-order chi connectivity index (χ0) is 13.5. The number of nitrogens with zero attached hydrogens (tertiary/aromatic N) is 5. The molecule has 0 spiro atoms. The van der Waals surface area contributed by atoms with Crippen molar-refractivity contribution < 1.29 is 0 Å². The van der Waals surface area contributed by atoms with Crippen LogP contribution in [0.15, 0.2) is 12.3 Å². The highest BCUT2D eigenvalue weighted by molar-refractivity contribution is 5.52. The second kappa shape index (κ2) is 6.92. The fourth-order valence-corrected chi connectivity index (χ4v) is 1.69. The molecule has 0 aliphatic rings. The Balaban J connectivity index is 2.90. The van der Waals surface area contributed by atoms with Gasteiger partial charge in [-0.15, -0.1) is 5.10 Å². The molecule has 0 amide bonds. The minimum absolute atomic E-state index is 0.515. The Labute approximate surface area is 109 Å². The molecule has 5 heteroatoms. The summed E-state index contributed by atoms with van der Waals surface area (Å²) in [5.41, 5.74) is 0.587. The average Bonchev–Trinajstić information content (AvgIpc) is 2.33. The van der Waals surface area contributed by atoms with E-state index in [0.717, 1.165) is 19.6 Å². The normalized spacial score (nSPS) is 10.7. The topological polar surface area (TPSA) is 56.1 Å². The van der Waals surface area contributed by atoms with Crippen molar-refractivity contribution in [2.24, 2.45) is 5.92 Å². The van der Waals surface area contributed by atoms with Gasteiger partial charge in [0, 0.05) is 19.6 Å². The summed E-state index contributed by atoms with van der Waals surface area (Å²) in [6, 6.07) is 3.89. The maximum Gasteiger partial charge on any atom is 0.169 e. The van der Waals surface area contributed by atoms with Crippen molar-refractivity contribution in [1.29, 1.82) is 5.26 Å². The standard InChI is InChI=1S/C13H21N5/c1-11(2)10-18(8-7-17(3)4)13-12(9-14)5-6-15-16-13/h5-6,11H,7-8,10H2,1-4H3. The maximum absolute atomic E-state index is 9.12. The van der Waals surface area contributed by atoms with Gasteiger partial charge in [0.05, 0.1) is 11.8 Å². The summed E-state index contributed by atoms with van der Waals surface area (Å²) in [7, 11) is 4.07. The fourth-order valence-electron chi connectivity index (χ4n) is 1.69. The van der Waals surface area contributed by atoms with Gasteiger partial charge in [0.1, 0.15) is 6.07 Å². The highest BCUT2D eigenvalue weighted by atomic mass is 15.3. The molecule has 18 heavy (non-hydrogen) atoms. The van der Waals surface area contributed by atoms with Crippen LogP contribution < -0.4 is 4.90 Å². The lowest BCUT2D eigenvalue weighted by molar-refractivity contribution is 0.408. The van der Waals surface area contributed by atoms with Crippen molar-refractivity contribution in [3.63, 3.8) is 0 Å². The van der Waals surface area contributed by atoms with E-state index in [2.05, 4.69) is 39.9 Å². The average molecular weight is 247 g/mol. The van der Waals surface area contributed by atoms with Crippen LogP contribution in [0.3, 0.4) is 0 Å². The molecule has 1 aromatic heterocycles. The molecule has 0 N–H and O–H groups in total. The minimum atomic E-state index is 0.515. The Hall–Kier alpha value is -1.67. The van der Waals surface area contributed by atoms with E-state index in [1.165, 1.54) is 0 Å². The summed E-state index contributed by atoms with van der Waals surface area (Å²) in [6.45, 7) is 6.96. The van der Waals surface area contributed by atoms with Crippen molar-refractivity contribution in [3.8, 4) is 6.07 Å². The Morgan fingerprint density at radius 3 is 2.61 bits per heavy atom. The summed E-state index contributed by atoms with van der Waals surface area (Å²) < 4.78 is 0. The zero-order valence-electron chi connectivity index (χ0n) is 11.6. The summed E-state index contributed by atoms with van der Waals surface area (Å²) in [4.78, 5) is 4.26. The van der Waals surface area contributed by atoms with Gasteiger partial charge in [-0.2, -0.15) is 10.4 Å². The highest BCUT2D eigenvalue weighted by Gasteiger charge is 2.14. The van der Waals surface area contributed by atoms with Gasteiger partial charge in [-0.25, -0.2) is 0 Å². The Bertz CT molecular complexity index is 408. The molecule has 98 valence electrons. The molecule has 0 unspecified atom stereocenters. The number of hydrogen-bond acceptors (Lipinski definition) is 5. The molecule has 0 radical (unpaired) electrons. The number of rotatable bonds is 6. The molecule has 0 atom stereocenters. The van der Waals surface area contributed by atoms with Crippen molar-refractivity contribution >= 4 is 5.82 Å². The van der Waals surface area contributed by atoms with Gasteiger partial charge >= 0.3 is 0 Å². The second-order valence-electron chi connectivity index (χ2n) is 5.02. The third-order valence-corrected chi connectivity index (χ3v) is 2.52. The van der Waals surface area contributed by atoms with E-state index in [1.54, 1.807) is 12.3 Å². The third-order valence-electron chi connectivity index (χ3n) is 2.52. The molecular formula is C13H21N5. The van der Waals surface area contributed by atoms with E-state index in [0.29, 0.717) is 17.3 Å². The molecule has 0 aliphatic heterocycles. The molecule has 0 bridgehead atoms. The summed E-state index contributed by atoms with van der Waals surface area (Å²) >= 11 is 0. The number of anilines is 1. The Morgan fingerprint density at radius 1 is 1.33 bits per heavy atom. The number of aromatic nitrogens is 2. The Morgan fingerprint density at radius 2 is 2.06 bits per heavy atom.